The first kappa shape index (κ1) is 16.7. The molecule has 0 aliphatic heterocycles. The summed E-state index contributed by atoms with van der Waals surface area (Å²) >= 11 is 0. The van der Waals surface area contributed by atoms with Crippen LogP contribution in [0.2, 0.25) is 0 Å². The molecular formula is C21H18N6. The summed E-state index contributed by atoms with van der Waals surface area (Å²) in [5, 5.41) is 10.5. The zero-order valence-corrected chi connectivity index (χ0v) is 14.6. The molecular weight excluding hydrogens is 336 g/mol. The molecule has 2 aromatic carbocycles. The van der Waals surface area contributed by atoms with Crippen LogP contribution in [-0.4, -0.2) is 29.1 Å². The van der Waals surface area contributed by atoms with Gasteiger partial charge in [-0.1, -0.05) is 36.4 Å². The van der Waals surface area contributed by atoms with Crippen LogP contribution < -0.4 is 10.9 Å². The molecule has 0 saturated heterocycles. The maximum absolute atomic E-state index is 4.40. The quantitative estimate of drug-likeness (QED) is 0.241. The van der Waals surface area contributed by atoms with E-state index in [1.165, 1.54) is 0 Å². The van der Waals surface area contributed by atoms with E-state index in [2.05, 4.69) is 31.0 Å². The molecule has 132 valence electrons. The number of para-hydroxylation sites is 2. The lowest BCUT2D eigenvalue weighted by atomic mass is 10.2. The third-order valence-corrected chi connectivity index (χ3v) is 3.99. The minimum Gasteiger partial charge on any atom is -0.289 e. The Bertz CT molecular complexity index is 1030. The third-order valence-electron chi connectivity index (χ3n) is 3.99. The van der Waals surface area contributed by atoms with Gasteiger partial charge in [-0.15, -0.1) is 0 Å². The molecule has 0 unspecified atom stereocenters. The molecule has 0 aliphatic carbocycles. The van der Waals surface area contributed by atoms with Crippen LogP contribution in [-0.2, 0) is 0 Å². The van der Waals surface area contributed by atoms with Gasteiger partial charge in [0.2, 0.25) is 0 Å². The van der Waals surface area contributed by atoms with Crippen molar-refractivity contribution in [2.24, 2.45) is 10.2 Å². The molecule has 0 radical (unpaired) electrons. The molecule has 6 heteroatoms. The number of nitrogens with one attached hydrogen (secondary N) is 2. The summed E-state index contributed by atoms with van der Waals surface area (Å²) in [6, 6.07) is 20.1. The highest BCUT2D eigenvalue weighted by molar-refractivity contribution is 5.88. The molecule has 0 amide bonds. The van der Waals surface area contributed by atoms with Gasteiger partial charge in [0.15, 0.2) is 0 Å². The largest absolute Gasteiger partial charge is 0.289 e. The van der Waals surface area contributed by atoms with E-state index in [0.717, 1.165) is 32.9 Å². The molecule has 0 spiro atoms. The number of rotatable bonds is 6. The molecule has 4 rings (SSSR count). The van der Waals surface area contributed by atoms with Crippen molar-refractivity contribution in [3.63, 3.8) is 0 Å². The Morgan fingerprint density at radius 1 is 0.704 bits per heavy atom. The number of hydrogen-bond donors (Lipinski definition) is 2. The van der Waals surface area contributed by atoms with Crippen LogP contribution in [0.15, 0.2) is 83.3 Å². The molecule has 0 bridgehead atoms. The summed E-state index contributed by atoms with van der Waals surface area (Å²) in [5.41, 5.74) is 9.62. The van der Waals surface area contributed by atoms with Crippen LogP contribution in [0, 0.1) is 0 Å². The fourth-order valence-electron chi connectivity index (χ4n) is 2.68. The van der Waals surface area contributed by atoms with Crippen molar-refractivity contribution in [2.75, 3.05) is 6.67 Å². The van der Waals surface area contributed by atoms with E-state index in [1.807, 2.05) is 60.7 Å². The van der Waals surface area contributed by atoms with Crippen molar-refractivity contribution >= 4 is 34.2 Å². The highest BCUT2D eigenvalue weighted by Gasteiger charge is 1.95. The van der Waals surface area contributed by atoms with Crippen molar-refractivity contribution in [1.29, 1.82) is 0 Å². The SMILES string of the molecule is C(=N\NCN/N=C/c1cnc2ccccc2c1)/c1cnc2ccccc2c1. The minimum atomic E-state index is 0.412. The Morgan fingerprint density at radius 2 is 1.19 bits per heavy atom. The van der Waals surface area contributed by atoms with Crippen LogP contribution in [0.4, 0.5) is 0 Å². The van der Waals surface area contributed by atoms with Crippen LogP contribution in [0.5, 0.6) is 0 Å². The number of hydrazone groups is 2. The van der Waals surface area contributed by atoms with Crippen molar-refractivity contribution in [3.05, 3.63) is 84.2 Å². The number of nitrogens with zero attached hydrogens (tertiary/aromatic N) is 4. The molecule has 2 N–H and O–H groups in total. The second kappa shape index (κ2) is 8.05. The third kappa shape index (κ3) is 4.24. The van der Waals surface area contributed by atoms with Gasteiger partial charge in [0.1, 0.15) is 6.67 Å². The van der Waals surface area contributed by atoms with E-state index in [-0.39, 0.29) is 0 Å². The zero-order chi connectivity index (χ0) is 18.3. The van der Waals surface area contributed by atoms with Crippen molar-refractivity contribution in [1.82, 2.24) is 20.8 Å². The number of hydrogen-bond acceptors (Lipinski definition) is 6. The van der Waals surface area contributed by atoms with Gasteiger partial charge in [0.05, 0.1) is 23.5 Å². The predicted molar refractivity (Wildman–Crippen MR) is 110 cm³/mol. The molecule has 0 saturated carbocycles. The Labute approximate surface area is 156 Å². The van der Waals surface area contributed by atoms with Gasteiger partial charge in [0, 0.05) is 34.3 Å². The maximum atomic E-state index is 4.40. The summed E-state index contributed by atoms with van der Waals surface area (Å²) in [5.74, 6) is 0. The smallest absolute Gasteiger partial charge is 0.117 e. The van der Waals surface area contributed by atoms with E-state index >= 15 is 0 Å². The highest BCUT2D eigenvalue weighted by Crippen LogP contribution is 2.12. The molecule has 4 aromatic rings. The van der Waals surface area contributed by atoms with E-state index in [9.17, 15) is 0 Å². The standard InChI is InChI=1S/C21H18N6/c1-3-7-20-18(5-1)9-16(11-22-20)13-24-26-15-27-25-14-17-10-19-6-2-4-8-21(19)23-12-17/h1-14,26-27H,15H2/b24-13+,25-14+. The van der Waals surface area contributed by atoms with Gasteiger partial charge in [0.25, 0.3) is 0 Å². The minimum absolute atomic E-state index is 0.412. The Kier molecular flexibility index (Phi) is 4.97. The second-order valence-electron chi connectivity index (χ2n) is 5.93. The molecule has 0 atom stereocenters. The highest BCUT2D eigenvalue weighted by atomic mass is 15.4. The number of benzene rings is 2. The van der Waals surface area contributed by atoms with Gasteiger partial charge < -0.3 is 0 Å². The zero-order valence-electron chi connectivity index (χ0n) is 14.6. The lowest BCUT2D eigenvalue weighted by Crippen LogP contribution is -2.21. The van der Waals surface area contributed by atoms with Crippen molar-refractivity contribution in [3.8, 4) is 0 Å². The van der Waals surface area contributed by atoms with Crippen LogP contribution in [0.1, 0.15) is 11.1 Å². The summed E-state index contributed by atoms with van der Waals surface area (Å²) in [4.78, 5) is 8.80. The first-order valence-corrected chi connectivity index (χ1v) is 8.60. The Morgan fingerprint density at radius 3 is 1.70 bits per heavy atom. The molecule has 0 aliphatic rings. The van der Waals surface area contributed by atoms with Gasteiger partial charge in [-0.3, -0.25) is 20.8 Å². The van der Waals surface area contributed by atoms with Gasteiger partial charge in [-0.2, -0.15) is 10.2 Å². The first-order chi connectivity index (χ1) is 13.4. The van der Waals surface area contributed by atoms with Crippen LogP contribution in [0.25, 0.3) is 21.8 Å². The van der Waals surface area contributed by atoms with Crippen molar-refractivity contribution < 1.29 is 0 Å². The molecule has 2 heterocycles. The monoisotopic (exact) mass is 354 g/mol. The average Bonchev–Trinajstić information content (AvgIpc) is 2.73. The fourth-order valence-corrected chi connectivity index (χ4v) is 2.68. The number of fused-ring (bicyclic) bond motifs is 2. The summed E-state index contributed by atoms with van der Waals surface area (Å²) < 4.78 is 0. The van der Waals surface area contributed by atoms with Gasteiger partial charge in [-0.05, 0) is 24.3 Å². The van der Waals surface area contributed by atoms with E-state index in [4.69, 9.17) is 0 Å². The molecule has 2 aromatic heterocycles. The fraction of sp³-hybridized carbons (Fsp3) is 0.0476. The summed E-state index contributed by atoms with van der Waals surface area (Å²) in [6.07, 6.45) is 7.06. The lowest BCUT2D eigenvalue weighted by Gasteiger charge is -2.01. The van der Waals surface area contributed by atoms with Crippen LogP contribution in [0.3, 0.4) is 0 Å². The van der Waals surface area contributed by atoms with Crippen molar-refractivity contribution in [2.45, 2.75) is 0 Å². The van der Waals surface area contributed by atoms with E-state index in [1.54, 1.807) is 24.8 Å². The first-order valence-electron chi connectivity index (χ1n) is 8.60. The summed E-state index contributed by atoms with van der Waals surface area (Å²) in [6.45, 7) is 0.412. The molecule has 6 nitrogen and oxygen atoms in total. The topological polar surface area (TPSA) is 74.6 Å². The van der Waals surface area contributed by atoms with Crippen LogP contribution >= 0.6 is 0 Å². The van der Waals surface area contributed by atoms with E-state index in [0.29, 0.717) is 6.67 Å². The lowest BCUT2D eigenvalue weighted by molar-refractivity contribution is 0.632. The Balaban J connectivity index is 1.27. The Hall–Kier alpha value is -3.80. The van der Waals surface area contributed by atoms with Gasteiger partial charge in [-0.25, -0.2) is 0 Å². The number of pyridine rings is 2. The number of aromatic nitrogens is 2. The van der Waals surface area contributed by atoms with E-state index < -0.39 is 0 Å². The maximum Gasteiger partial charge on any atom is 0.117 e. The predicted octanol–water partition coefficient (Wildman–Crippen LogP) is 3.29. The average molecular weight is 354 g/mol. The normalized spacial score (nSPS) is 11.6. The second-order valence-corrected chi connectivity index (χ2v) is 5.93. The summed E-state index contributed by atoms with van der Waals surface area (Å²) in [7, 11) is 0. The molecule has 0 fully saturated rings. The molecule has 27 heavy (non-hydrogen) atoms. The van der Waals surface area contributed by atoms with Gasteiger partial charge >= 0.3 is 0 Å².